The minimum atomic E-state index is -4.43. The van der Waals surface area contributed by atoms with Crippen LogP contribution < -0.4 is 14.8 Å². The number of carbonyl (C=O) groups excluding carboxylic acids is 3. The van der Waals surface area contributed by atoms with E-state index < -0.39 is 43.8 Å². The number of benzene rings is 3. The van der Waals surface area contributed by atoms with E-state index in [0.29, 0.717) is 4.88 Å². The van der Waals surface area contributed by atoms with Crippen molar-refractivity contribution in [1.82, 2.24) is 0 Å². The van der Waals surface area contributed by atoms with Crippen LogP contribution in [0.5, 0.6) is 5.75 Å². The number of thiophene rings is 1. The van der Waals surface area contributed by atoms with Crippen LogP contribution in [-0.2, 0) is 24.3 Å². The van der Waals surface area contributed by atoms with Gasteiger partial charge in [-0.15, -0.1) is 11.3 Å². The lowest BCUT2D eigenvalue weighted by Crippen LogP contribution is -2.30. The highest BCUT2D eigenvalue weighted by Gasteiger charge is 2.27. The Balaban J connectivity index is 1.53. The van der Waals surface area contributed by atoms with Gasteiger partial charge in [0.25, 0.3) is 21.6 Å². The van der Waals surface area contributed by atoms with Gasteiger partial charge in [0.15, 0.2) is 6.10 Å². The summed E-state index contributed by atoms with van der Waals surface area (Å²) in [5.41, 5.74) is -0.0520. The molecule has 2 N–H and O–H groups in total. The SMILES string of the molecule is CCOC(=O)c1cc(-c2ccccc2)sc1NC(=O)[C@@H](C)OC(=O)c1cc(S(=O)(=O)Nc2cc([N+](=O)[O-])ccc2OC)ccc1Cl. The molecule has 1 aromatic heterocycles. The summed E-state index contributed by atoms with van der Waals surface area (Å²) in [6.45, 7) is 3.04. The van der Waals surface area contributed by atoms with E-state index in [9.17, 15) is 32.9 Å². The molecule has 4 aromatic rings. The summed E-state index contributed by atoms with van der Waals surface area (Å²) in [6, 6.07) is 17.3. The first-order valence-electron chi connectivity index (χ1n) is 13.4. The number of hydrogen-bond acceptors (Lipinski definition) is 11. The van der Waals surface area contributed by atoms with Crippen molar-refractivity contribution in [1.29, 1.82) is 0 Å². The van der Waals surface area contributed by atoms with E-state index in [1.54, 1.807) is 13.0 Å². The number of esters is 2. The fourth-order valence-electron chi connectivity index (χ4n) is 4.00. The van der Waals surface area contributed by atoms with E-state index >= 15 is 0 Å². The zero-order valence-corrected chi connectivity index (χ0v) is 26.8. The third-order valence-electron chi connectivity index (χ3n) is 6.28. The van der Waals surface area contributed by atoms with Gasteiger partial charge in [0.05, 0.1) is 45.4 Å². The van der Waals surface area contributed by atoms with Gasteiger partial charge in [-0.3, -0.25) is 19.6 Å². The summed E-state index contributed by atoms with van der Waals surface area (Å²) in [6.07, 6.45) is -1.41. The fraction of sp³-hybridized carbons (Fsp3) is 0.167. The van der Waals surface area contributed by atoms with Crippen LogP contribution in [0.4, 0.5) is 16.4 Å². The number of anilines is 2. The Bertz CT molecular complexity index is 1910. The Labute approximate surface area is 272 Å². The van der Waals surface area contributed by atoms with Gasteiger partial charge in [0.1, 0.15) is 10.8 Å². The van der Waals surface area contributed by atoms with E-state index in [2.05, 4.69) is 10.0 Å². The predicted octanol–water partition coefficient (Wildman–Crippen LogP) is 6.15. The van der Waals surface area contributed by atoms with Crippen molar-refractivity contribution < 1.29 is 41.9 Å². The standard InChI is InChI=1S/C30H26ClN3O10S2/c1-4-43-29(36)22-16-26(18-8-6-5-7-9-18)45-28(22)32-27(35)17(2)44-30(37)21-15-20(11-12-23(21)31)46(40,41)33-24-14-19(34(38)39)10-13-25(24)42-3/h5-17,33H,4H2,1-3H3,(H,32,35)/t17-/m1/s1. The summed E-state index contributed by atoms with van der Waals surface area (Å²) >= 11 is 7.31. The maximum absolute atomic E-state index is 13.2. The van der Waals surface area contributed by atoms with Crippen molar-refractivity contribution in [3.05, 3.63) is 99.1 Å². The minimum absolute atomic E-state index is 0.00959. The van der Waals surface area contributed by atoms with Gasteiger partial charge >= 0.3 is 11.9 Å². The molecule has 0 aliphatic rings. The van der Waals surface area contributed by atoms with E-state index in [-0.39, 0.29) is 44.9 Å². The average Bonchev–Trinajstić information content (AvgIpc) is 3.45. The number of sulfonamides is 1. The van der Waals surface area contributed by atoms with Crippen LogP contribution in [0.3, 0.4) is 0 Å². The number of carbonyl (C=O) groups is 3. The number of nitro benzene ring substituents is 1. The lowest BCUT2D eigenvalue weighted by Gasteiger charge is -2.15. The third kappa shape index (κ3) is 7.80. The highest BCUT2D eigenvalue weighted by Crippen LogP contribution is 2.36. The first-order chi connectivity index (χ1) is 21.8. The van der Waals surface area contributed by atoms with Crippen molar-refractivity contribution >= 4 is 67.2 Å². The van der Waals surface area contributed by atoms with Crippen molar-refractivity contribution in [3.63, 3.8) is 0 Å². The monoisotopic (exact) mass is 687 g/mol. The topological polar surface area (TPSA) is 180 Å². The van der Waals surface area contributed by atoms with Gasteiger partial charge in [-0.1, -0.05) is 41.9 Å². The molecule has 1 atom stereocenters. The molecule has 0 unspecified atom stereocenters. The van der Waals surface area contributed by atoms with E-state index in [4.69, 9.17) is 25.8 Å². The Hall–Kier alpha value is -4.99. The van der Waals surface area contributed by atoms with Gasteiger partial charge < -0.3 is 19.5 Å². The summed E-state index contributed by atoms with van der Waals surface area (Å²) in [7, 11) is -3.17. The molecule has 0 spiro atoms. The van der Waals surface area contributed by atoms with Gasteiger partial charge in [0, 0.05) is 17.0 Å². The zero-order chi connectivity index (χ0) is 33.6. The minimum Gasteiger partial charge on any atom is -0.495 e. The molecule has 0 fully saturated rings. The number of amides is 1. The molecule has 0 saturated heterocycles. The molecular formula is C30H26ClN3O10S2. The van der Waals surface area contributed by atoms with Gasteiger partial charge in [0.2, 0.25) is 0 Å². The van der Waals surface area contributed by atoms with E-state index in [1.807, 2.05) is 30.3 Å². The number of halogens is 1. The average molecular weight is 688 g/mol. The van der Waals surface area contributed by atoms with Crippen LogP contribution in [0.15, 0.2) is 77.7 Å². The summed E-state index contributed by atoms with van der Waals surface area (Å²) in [5, 5.41) is 13.8. The number of ether oxygens (including phenoxy) is 3. The van der Waals surface area contributed by atoms with Crippen molar-refractivity contribution in [2.45, 2.75) is 24.8 Å². The van der Waals surface area contributed by atoms with Crippen LogP contribution in [0, 0.1) is 10.1 Å². The Morgan fingerprint density at radius 1 is 1.00 bits per heavy atom. The maximum atomic E-state index is 13.2. The van der Waals surface area contributed by atoms with Crippen molar-refractivity contribution in [3.8, 4) is 16.2 Å². The van der Waals surface area contributed by atoms with Crippen LogP contribution in [0.1, 0.15) is 34.6 Å². The molecular weight excluding hydrogens is 662 g/mol. The molecule has 1 amide bonds. The molecule has 0 saturated carbocycles. The highest BCUT2D eigenvalue weighted by atomic mass is 35.5. The quantitative estimate of drug-likeness (QED) is 0.0996. The molecule has 0 bridgehead atoms. The summed E-state index contributed by atoms with van der Waals surface area (Å²) in [4.78, 5) is 49.5. The molecule has 46 heavy (non-hydrogen) atoms. The number of methoxy groups -OCH3 is 1. The fourth-order valence-corrected chi connectivity index (χ4v) is 6.34. The number of nitrogens with zero attached hydrogens (tertiary/aromatic N) is 1. The second-order valence-corrected chi connectivity index (χ2v) is 12.5. The molecule has 4 rings (SSSR count). The van der Waals surface area contributed by atoms with Gasteiger partial charge in [-0.25, -0.2) is 18.0 Å². The van der Waals surface area contributed by atoms with Crippen LogP contribution >= 0.6 is 22.9 Å². The maximum Gasteiger partial charge on any atom is 0.341 e. The second-order valence-electron chi connectivity index (χ2n) is 9.37. The summed E-state index contributed by atoms with van der Waals surface area (Å²) < 4.78 is 44.1. The van der Waals surface area contributed by atoms with Crippen LogP contribution in [-0.4, -0.2) is 51.0 Å². The first-order valence-corrected chi connectivity index (χ1v) is 16.0. The smallest absolute Gasteiger partial charge is 0.341 e. The Kier molecular flexibility index (Phi) is 10.6. The lowest BCUT2D eigenvalue weighted by atomic mass is 10.1. The van der Waals surface area contributed by atoms with Crippen LogP contribution in [0.25, 0.3) is 10.4 Å². The van der Waals surface area contributed by atoms with Crippen molar-refractivity contribution in [2.24, 2.45) is 0 Å². The molecule has 3 aromatic carbocycles. The lowest BCUT2D eigenvalue weighted by molar-refractivity contribution is -0.384. The molecule has 0 aliphatic carbocycles. The van der Waals surface area contributed by atoms with Gasteiger partial charge in [-0.2, -0.15) is 0 Å². The Morgan fingerprint density at radius 3 is 2.37 bits per heavy atom. The Morgan fingerprint density at radius 2 is 1.72 bits per heavy atom. The van der Waals surface area contributed by atoms with E-state index in [0.717, 1.165) is 47.2 Å². The number of non-ortho nitro benzene ring substituents is 1. The second kappa shape index (κ2) is 14.4. The third-order valence-corrected chi connectivity index (χ3v) is 9.07. The number of rotatable bonds is 12. The van der Waals surface area contributed by atoms with Crippen LogP contribution in [0.2, 0.25) is 5.02 Å². The van der Waals surface area contributed by atoms with Crippen molar-refractivity contribution in [2.75, 3.05) is 23.8 Å². The molecule has 16 heteroatoms. The zero-order valence-electron chi connectivity index (χ0n) is 24.4. The van der Waals surface area contributed by atoms with E-state index in [1.165, 1.54) is 20.1 Å². The molecule has 13 nitrogen and oxygen atoms in total. The first kappa shape index (κ1) is 33.9. The molecule has 240 valence electrons. The largest absolute Gasteiger partial charge is 0.495 e. The molecule has 0 radical (unpaired) electrons. The molecule has 0 aliphatic heterocycles. The summed E-state index contributed by atoms with van der Waals surface area (Å²) in [5.74, 6) is -2.53. The molecule has 1 heterocycles. The number of hydrogen-bond donors (Lipinski definition) is 2. The highest BCUT2D eigenvalue weighted by molar-refractivity contribution is 7.92. The van der Waals surface area contributed by atoms with Gasteiger partial charge in [-0.05, 0) is 49.7 Å². The predicted molar refractivity (Wildman–Crippen MR) is 171 cm³/mol. The number of nitro groups is 1. The number of nitrogens with one attached hydrogen (secondary N) is 2. The normalized spacial score (nSPS) is 11.7.